The van der Waals surface area contributed by atoms with E-state index in [1.54, 1.807) is 6.20 Å². The Morgan fingerprint density at radius 2 is 2.00 bits per heavy atom. The predicted octanol–water partition coefficient (Wildman–Crippen LogP) is 3.34. The zero-order chi connectivity index (χ0) is 20.4. The first-order valence-corrected chi connectivity index (χ1v) is 10.4. The molecule has 7 nitrogen and oxygen atoms in total. The Kier molecular flexibility index (Phi) is 5.41. The Bertz CT molecular complexity index is 1020. The molecule has 1 fully saturated rings. The summed E-state index contributed by atoms with van der Waals surface area (Å²) in [6.07, 6.45) is 5.21. The van der Waals surface area contributed by atoms with E-state index in [4.69, 9.17) is 0 Å². The molecule has 4 rings (SSSR count). The van der Waals surface area contributed by atoms with E-state index in [9.17, 15) is 4.79 Å². The standard InChI is InChI=1S/C22H30N6O/c1-22(2,3)28-19-18(14-24-28)20(29)26-21(25-19)23-13-17-11-7-8-12-27(17)15-16-9-5-4-6-10-16/h4-6,9-10,14,17H,7-8,11-13,15H2,1-3H3,(H2,23,25,26,29). The molecule has 1 atom stereocenters. The SMILES string of the molecule is CC(C)(C)n1ncc2c(=O)[nH]c(NCC3CCCCN3Cc3ccccc3)nc21. The lowest BCUT2D eigenvalue weighted by Crippen LogP contribution is -2.43. The highest BCUT2D eigenvalue weighted by Gasteiger charge is 2.23. The second-order valence-corrected chi connectivity index (χ2v) is 8.87. The minimum atomic E-state index is -0.240. The van der Waals surface area contributed by atoms with Crippen molar-refractivity contribution in [3.05, 3.63) is 52.4 Å². The summed E-state index contributed by atoms with van der Waals surface area (Å²) < 4.78 is 1.81. The molecule has 1 aliphatic heterocycles. The van der Waals surface area contributed by atoms with E-state index >= 15 is 0 Å². The van der Waals surface area contributed by atoms with Gasteiger partial charge in [0.25, 0.3) is 5.56 Å². The van der Waals surface area contributed by atoms with Gasteiger partial charge in [0.15, 0.2) is 5.65 Å². The summed E-state index contributed by atoms with van der Waals surface area (Å²) in [6.45, 7) is 8.97. The van der Waals surface area contributed by atoms with Gasteiger partial charge in [-0.05, 0) is 45.7 Å². The lowest BCUT2D eigenvalue weighted by atomic mass is 10.0. The number of piperidine rings is 1. The van der Waals surface area contributed by atoms with Crippen LogP contribution in [0.15, 0.2) is 41.3 Å². The minimum absolute atomic E-state index is 0.155. The fraction of sp³-hybridized carbons (Fsp3) is 0.500. The topological polar surface area (TPSA) is 78.8 Å². The largest absolute Gasteiger partial charge is 0.354 e. The molecule has 0 radical (unpaired) electrons. The highest BCUT2D eigenvalue weighted by Crippen LogP contribution is 2.21. The van der Waals surface area contributed by atoms with Gasteiger partial charge in [0.2, 0.25) is 5.95 Å². The number of likely N-dealkylation sites (tertiary alicyclic amines) is 1. The molecule has 3 heterocycles. The number of rotatable bonds is 5. The number of fused-ring (bicyclic) bond motifs is 1. The lowest BCUT2D eigenvalue weighted by Gasteiger charge is -2.36. The van der Waals surface area contributed by atoms with Gasteiger partial charge in [0, 0.05) is 19.1 Å². The van der Waals surface area contributed by atoms with Crippen molar-refractivity contribution in [1.82, 2.24) is 24.6 Å². The van der Waals surface area contributed by atoms with Gasteiger partial charge >= 0.3 is 0 Å². The summed E-state index contributed by atoms with van der Waals surface area (Å²) in [5.74, 6) is 0.513. The van der Waals surface area contributed by atoms with Crippen molar-refractivity contribution >= 4 is 17.0 Å². The maximum absolute atomic E-state index is 12.5. The molecule has 0 amide bonds. The monoisotopic (exact) mass is 394 g/mol. The van der Waals surface area contributed by atoms with E-state index in [2.05, 4.69) is 76.4 Å². The zero-order valence-electron chi connectivity index (χ0n) is 17.5. The molecule has 2 N–H and O–H groups in total. The van der Waals surface area contributed by atoms with Crippen LogP contribution in [0.3, 0.4) is 0 Å². The van der Waals surface area contributed by atoms with E-state index in [1.807, 2.05) is 4.68 Å². The fourth-order valence-corrected chi connectivity index (χ4v) is 4.02. The number of nitrogens with zero attached hydrogens (tertiary/aromatic N) is 4. The summed E-state index contributed by atoms with van der Waals surface area (Å²) >= 11 is 0. The minimum Gasteiger partial charge on any atom is -0.354 e. The van der Waals surface area contributed by atoms with E-state index < -0.39 is 0 Å². The van der Waals surface area contributed by atoms with Crippen LogP contribution in [0.25, 0.3) is 11.0 Å². The number of hydrogen-bond acceptors (Lipinski definition) is 5. The molecule has 1 aromatic carbocycles. The first kappa shape index (κ1) is 19.6. The van der Waals surface area contributed by atoms with Crippen LogP contribution in [0.2, 0.25) is 0 Å². The van der Waals surface area contributed by atoms with Crippen molar-refractivity contribution in [3.8, 4) is 0 Å². The third kappa shape index (κ3) is 4.34. The number of anilines is 1. The molecule has 1 aliphatic rings. The van der Waals surface area contributed by atoms with Crippen LogP contribution in [0, 0.1) is 0 Å². The molecule has 0 aliphatic carbocycles. The van der Waals surface area contributed by atoms with Crippen LogP contribution >= 0.6 is 0 Å². The molecule has 1 saturated heterocycles. The number of aromatic amines is 1. The van der Waals surface area contributed by atoms with Crippen LogP contribution in [0.1, 0.15) is 45.6 Å². The predicted molar refractivity (Wildman–Crippen MR) is 116 cm³/mol. The van der Waals surface area contributed by atoms with Gasteiger partial charge in [-0.1, -0.05) is 36.8 Å². The average Bonchev–Trinajstić information content (AvgIpc) is 3.13. The molecule has 0 saturated carbocycles. The normalized spacial score (nSPS) is 18.2. The van der Waals surface area contributed by atoms with Crippen molar-refractivity contribution < 1.29 is 0 Å². The van der Waals surface area contributed by atoms with Crippen LogP contribution in [-0.2, 0) is 12.1 Å². The third-order valence-corrected chi connectivity index (χ3v) is 5.56. The van der Waals surface area contributed by atoms with Crippen LogP contribution in [-0.4, -0.2) is 43.8 Å². The number of H-pyrrole nitrogens is 1. The second-order valence-electron chi connectivity index (χ2n) is 8.87. The molecule has 154 valence electrons. The number of aromatic nitrogens is 4. The Morgan fingerprint density at radius 1 is 1.21 bits per heavy atom. The van der Waals surface area contributed by atoms with Crippen LogP contribution < -0.4 is 10.9 Å². The summed E-state index contributed by atoms with van der Waals surface area (Å²) in [5.41, 5.74) is 1.56. The summed E-state index contributed by atoms with van der Waals surface area (Å²) in [5, 5.41) is 8.28. The average molecular weight is 395 g/mol. The lowest BCUT2D eigenvalue weighted by molar-refractivity contribution is 0.148. The first-order valence-electron chi connectivity index (χ1n) is 10.4. The van der Waals surface area contributed by atoms with E-state index in [0.717, 1.165) is 26.1 Å². The molecule has 3 aromatic rings. The quantitative estimate of drug-likeness (QED) is 0.694. The molecule has 0 bridgehead atoms. The van der Waals surface area contributed by atoms with Crippen LogP contribution in [0.4, 0.5) is 5.95 Å². The smallest absolute Gasteiger partial charge is 0.263 e. The number of benzene rings is 1. The molecule has 29 heavy (non-hydrogen) atoms. The molecular weight excluding hydrogens is 364 g/mol. The summed E-state index contributed by atoms with van der Waals surface area (Å²) in [6, 6.07) is 11.0. The third-order valence-electron chi connectivity index (χ3n) is 5.56. The number of nitrogens with one attached hydrogen (secondary N) is 2. The Labute approximate surface area is 171 Å². The fourth-order valence-electron chi connectivity index (χ4n) is 4.02. The van der Waals surface area contributed by atoms with Gasteiger partial charge in [-0.2, -0.15) is 10.1 Å². The van der Waals surface area contributed by atoms with Gasteiger partial charge in [-0.25, -0.2) is 4.68 Å². The van der Waals surface area contributed by atoms with E-state index in [1.165, 1.54) is 18.4 Å². The maximum Gasteiger partial charge on any atom is 0.263 e. The molecule has 1 unspecified atom stereocenters. The maximum atomic E-state index is 12.5. The van der Waals surface area contributed by atoms with Crippen LogP contribution in [0.5, 0.6) is 0 Å². The Morgan fingerprint density at radius 3 is 2.76 bits per heavy atom. The summed E-state index contributed by atoms with van der Waals surface area (Å²) in [7, 11) is 0. The van der Waals surface area contributed by atoms with Crippen molar-refractivity contribution in [3.63, 3.8) is 0 Å². The molecule has 7 heteroatoms. The molecule has 2 aromatic heterocycles. The van der Waals surface area contributed by atoms with Crippen molar-refractivity contribution in [1.29, 1.82) is 0 Å². The van der Waals surface area contributed by atoms with E-state index in [-0.39, 0.29) is 11.1 Å². The van der Waals surface area contributed by atoms with Crippen molar-refractivity contribution in [2.45, 2.75) is 58.2 Å². The molecular formula is C22H30N6O. The Balaban J connectivity index is 1.51. The Hall–Kier alpha value is -2.67. The zero-order valence-corrected chi connectivity index (χ0v) is 17.5. The number of hydrogen-bond donors (Lipinski definition) is 2. The first-order chi connectivity index (χ1) is 13.9. The van der Waals surface area contributed by atoms with Gasteiger partial charge < -0.3 is 5.32 Å². The molecule has 0 spiro atoms. The van der Waals surface area contributed by atoms with Gasteiger partial charge in [-0.15, -0.1) is 0 Å². The van der Waals surface area contributed by atoms with Gasteiger partial charge in [-0.3, -0.25) is 14.7 Å². The summed E-state index contributed by atoms with van der Waals surface area (Å²) in [4.78, 5) is 22.6. The van der Waals surface area contributed by atoms with Crippen molar-refractivity contribution in [2.24, 2.45) is 0 Å². The van der Waals surface area contributed by atoms with Crippen molar-refractivity contribution in [2.75, 3.05) is 18.4 Å². The van der Waals surface area contributed by atoms with Gasteiger partial charge in [0.1, 0.15) is 5.39 Å². The highest BCUT2D eigenvalue weighted by molar-refractivity contribution is 5.74. The van der Waals surface area contributed by atoms with Gasteiger partial charge in [0.05, 0.1) is 11.7 Å². The van der Waals surface area contributed by atoms with E-state index in [0.29, 0.717) is 23.0 Å². The highest BCUT2D eigenvalue weighted by atomic mass is 16.1. The second kappa shape index (κ2) is 7.99.